The molecule has 0 fully saturated rings. The van der Waals surface area contributed by atoms with E-state index < -0.39 is 0 Å². The van der Waals surface area contributed by atoms with Gasteiger partial charge in [0.2, 0.25) is 0 Å². The molecule has 0 saturated carbocycles. The molecule has 1 aliphatic rings. The second-order valence-electron chi connectivity index (χ2n) is 7.19. The Morgan fingerprint density at radius 3 is 2.71 bits per heavy atom. The predicted octanol–water partition coefficient (Wildman–Crippen LogP) is 3.37. The van der Waals surface area contributed by atoms with Crippen LogP contribution in [-0.2, 0) is 25.9 Å². The predicted molar refractivity (Wildman–Crippen MR) is 117 cm³/mol. The number of fused-ring (bicyclic) bond motifs is 1. The largest absolute Gasteiger partial charge is 0.332 e. The fraction of sp³-hybridized carbons (Fsp3) is 0.400. The van der Waals surface area contributed by atoms with Crippen molar-refractivity contribution in [2.24, 2.45) is 4.99 Å². The first kappa shape index (κ1) is 21.5. The minimum atomic E-state index is -0.351. The number of unbranched alkanes of at least 4 members (excludes halogenated alkanes) is 1. The maximum atomic E-state index is 12.9. The van der Waals surface area contributed by atoms with E-state index in [0.29, 0.717) is 71.3 Å². The third-order valence-electron chi connectivity index (χ3n) is 4.93. The van der Waals surface area contributed by atoms with E-state index in [9.17, 15) is 9.59 Å². The molecule has 0 radical (unpaired) electrons. The number of nitrogens with zero attached hydrogens (tertiary/aromatic N) is 6. The second kappa shape index (κ2) is 9.15. The molecule has 0 N–H and O–H groups in total. The second-order valence-corrected chi connectivity index (χ2v) is 8.07. The van der Waals surface area contributed by atoms with Gasteiger partial charge in [-0.2, -0.15) is 4.98 Å². The van der Waals surface area contributed by atoms with Crippen LogP contribution in [0.2, 0.25) is 5.02 Å². The number of rotatable bonds is 8. The maximum Gasteiger partial charge on any atom is 0.332 e. The molecule has 3 aromatic heterocycles. The third-order valence-corrected chi connectivity index (χ3v) is 5.38. The maximum absolute atomic E-state index is 12.9. The van der Waals surface area contributed by atoms with Gasteiger partial charge in [-0.25, -0.2) is 14.8 Å². The van der Waals surface area contributed by atoms with Crippen LogP contribution in [0.5, 0.6) is 0 Å². The molecule has 1 aliphatic heterocycles. The molecule has 4 heterocycles. The van der Waals surface area contributed by atoms with Gasteiger partial charge >= 0.3 is 5.69 Å². The summed E-state index contributed by atoms with van der Waals surface area (Å²) in [4.78, 5) is 38.3. The van der Waals surface area contributed by atoms with Crippen LogP contribution in [0.3, 0.4) is 0 Å². The summed E-state index contributed by atoms with van der Waals surface area (Å²) in [5.74, 6) is 1.26. The summed E-state index contributed by atoms with van der Waals surface area (Å²) in [6.45, 7) is 2.75. The van der Waals surface area contributed by atoms with Gasteiger partial charge in [0.1, 0.15) is 16.7 Å². The van der Waals surface area contributed by atoms with Gasteiger partial charge in [-0.3, -0.25) is 13.9 Å². The highest BCUT2D eigenvalue weighted by Gasteiger charge is 2.24. The smallest absolute Gasteiger partial charge is 0.332 e. The SMILES string of the molecule is CCCn1c2c(c(=O)n(CCCCc3noc(-c4ccc(Cl)cn4)n3)c1=O)CC(Cl)=N2. The van der Waals surface area contributed by atoms with Crippen molar-refractivity contribution in [2.45, 2.75) is 52.1 Å². The molecule has 4 rings (SSSR count). The number of halogens is 2. The zero-order valence-corrected chi connectivity index (χ0v) is 18.4. The van der Waals surface area contributed by atoms with Crippen molar-refractivity contribution < 1.29 is 4.52 Å². The quantitative estimate of drug-likeness (QED) is 0.474. The van der Waals surface area contributed by atoms with Gasteiger partial charge in [0.25, 0.3) is 11.4 Å². The fourth-order valence-corrected chi connectivity index (χ4v) is 3.79. The molecule has 11 heteroatoms. The lowest BCUT2D eigenvalue weighted by atomic mass is 10.2. The average molecular weight is 463 g/mol. The Labute approximate surface area is 187 Å². The van der Waals surface area contributed by atoms with Crippen LogP contribution in [-0.4, -0.2) is 29.4 Å². The topological polar surface area (TPSA) is 108 Å². The monoisotopic (exact) mass is 462 g/mol. The highest BCUT2D eigenvalue weighted by atomic mass is 35.5. The summed E-state index contributed by atoms with van der Waals surface area (Å²) >= 11 is 11.9. The molecule has 0 aliphatic carbocycles. The first-order valence-electron chi connectivity index (χ1n) is 10.0. The van der Waals surface area contributed by atoms with Crippen molar-refractivity contribution in [1.82, 2.24) is 24.3 Å². The van der Waals surface area contributed by atoms with E-state index >= 15 is 0 Å². The summed E-state index contributed by atoms with van der Waals surface area (Å²) in [7, 11) is 0. The lowest BCUT2D eigenvalue weighted by Crippen LogP contribution is -2.41. The van der Waals surface area contributed by atoms with Crippen LogP contribution >= 0.6 is 23.2 Å². The summed E-state index contributed by atoms with van der Waals surface area (Å²) < 4.78 is 8.06. The van der Waals surface area contributed by atoms with E-state index in [1.807, 2.05) is 6.92 Å². The Morgan fingerprint density at radius 1 is 1.13 bits per heavy atom. The van der Waals surface area contributed by atoms with Crippen LogP contribution < -0.4 is 11.2 Å². The van der Waals surface area contributed by atoms with E-state index in [1.54, 1.807) is 12.1 Å². The lowest BCUT2D eigenvalue weighted by Gasteiger charge is -2.13. The van der Waals surface area contributed by atoms with Gasteiger partial charge in [0, 0.05) is 32.1 Å². The Morgan fingerprint density at radius 2 is 1.97 bits per heavy atom. The Kier molecular flexibility index (Phi) is 6.33. The number of hydrogen-bond donors (Lipinski definition) is 0. The average Bonchev–Trinajstić information content (AvgIpc) is 3.38. The number of pyridine rings is 1. The van der Waals surface area contributed by atoms with Gasteiger partial charge in [0.05, 0.1) is 10.6 Å². The summed E-state index contributed by atoms with van der Waals surface area (Å²) in [6.07, 6.45) is 4.37. The molecule has 0 unspecified atom stereocenters. The van der Waals surface area contributed by atoms with Crippen LogP contribution in [0.15, 0.2) is 37.4 Å². The summed E-state index contributed by atoms with van der Waals surface area (Å²) in [5, 5.41) is 4.82. The molecule has 9 nitrogen and oxygen atoms in total. The van der Waals surface area contributed by atoms with Crippen molar-refractivity contribution in [3.8, 4) is 11.6 Å². The Bertz CT molecular complexity index is 1240. The first-order valence-corrected chi connectivity index (χ1v) is 10.8. The molecule has 0 aromatic carbocycles. The summed E-state index contributed by atoms with van der Waals surface area (Å²) in [6, 6.07) is 3.41. The van der Waals surface area contributed by atoms with Crippen LogP contribution in [0.1, 0.15) is 37.6 Å². The standard InChI is InChI=1S/C20H20Cl2N6O3/c1-2-8-27-17-13(10-15(22)24-17)19(29)28(20(27)30)9-4-3-5-16-25-18(31-26-16)14-7-6-12(21)11-23-14/h6-7,11H,2-5,8-10H2,1H3. The first-order chi connectivity index (χ1) is 15.0. The molecule has 0 spiro atoms. The van der Waals surface area contributed by atoms with Crippen molar-refractivity contribution in [3.05, 3.63) is 55.6 Å². The van der Waals surface area contributed by atoms with Crippen LogP contribution in [0, 0.1) is 0 Å². The zero-order valence-electron chi connectivity index (χ0n) is 16.8. The van der Waals surface area contributed by atoms with E-state index in [4.69, 9.17) is 27.7 Å². The van der Waals surface area contributed by atoms with Gasteiger partial charge < -0.3 is 4.52 Å². The van der Waals surface area contributed by atoms with Crippen molar-refractivity contribution in [2.75, 3.05) is 0 Å². The lowest BCUT2D eigenvalue weighted by molar-refractivity contribution is 0.419. The highest BCUT2D eigenvalue weighted by Crippen LogP contribution is 2.24. The Hall–Kier alpha value is -2.78. The molecule has 162 valence electrons. The van der Waals surface area contributed by atoms with Gasteiger partial charge in [-0.05, 0) is 31.4 Å². The van der Waals surface area contributed by atoms with Crippen molar-refractivity contribution >= 4 is 34.2 Å². The fourth-order valence-electron chi connectivity index (χ4n) is 3.46. The van der Waals surface area contributed by atoms with E-state index in [2.05, 4.69) is 20.1 Å². The summed E-state index contributed by atoms with van der Waals surface area (Å²) in [5.41, 5.74) is 0.361. The molecule has 0 atom stereocenters. The molecule has 31 heavy (non-hydrogen) atoms. The number of hydrogen-bond acceptors (Lipinski definition) is 7. The molecular weight excluding hydrogens is 443 g/mol. The van der Waals surface area contributed by atoms with Gasteiger partial charge in [0.15, 0.2) is 5.82 Å². The minimum absolute atomic E-state index is 0.268. The minimum Gasteiger partial charge on any atom is -0.332 e. The van der Waals surface area contributed by atoms with Gasteiger partial charge in [-0.15, -0.1) is 0 Å². The third kappa shape index (κ3) is 4.47. The van der Waals surface area contributed by atoms with Gasteiger partial charge in [-0.1, -0.05) is 35.3 Å². The number of aromatic nitrogens is 5. The molecule has 0 amide bonds. The van der Waals surface area contributed by atoms with E-state index in [1.165, 1.54) is 15.3 Å². The van der Waals surface area contributed by atoms with Crippen molar-refractivity contribution in [1.29, 1.82) is 0 Å². The molecular formula is C20H20Cl2N6O3. The normalized spacial score (nSPS) is 12.8. The van der Waals surface area contributed by atoms with Crippen LogP contribution in [0.4, 0.5) is 5.82 Å². The molecule has 0 saturated heterocycles. The van der Waals surface area contributed by atoms with E-state index in [-0.39, 0.29) is 17.7 Å². The molecule has 0 bridgehead atoms. The molecule has 3 aromatic rings. The number of aryl methyl sites for hydroxylation is 1. The van der Waals surface area contributed by atoms with Crippen molar-refractivity contribution in [3.63, 3.8) is 0 Å². The highest BCUT2D eigenvalue weighted by molar-refractivity contribution is 6.66. The zero-order chi connectivity index (χ0) is 22.0. The van der Waals surface area contributed by atoms with E-state index in [0.717, 1.165) is 6.42 Å². The Balaban J connectivity index is 1.42. The van der Waals surface area contributed by atoms with Crippen LogP contribution in [0.25, 0.3) is 11.6 Å². The number of aliphatic imine (C=N–C) groups is 1.